The lowest BCUT2D eigenvalue weighted by atomic mass is 10.1. The number of rotatable bonds is 5. The Labute approximate surface area is 136 Å². The number of amides is 1. The molecule has 2 aromatic rings. The van der Waals surface area contributed by atoms with Gasteiger partial charge < -0.3 is 10.2 Å². The summed E-state index contributed by atoms with van der Waals surface area (Å²) in [5.41, 5.74) is 3.79. The summed E-state index contributed by atoms with van der Waals surface area (Å²) in [6.45, 7) is 3.59. The molecule has 4 heteroatoms. The Kier molecular flexibility index (Phi) is 4.42. The highest BCUT2D eigenvalue weighted by Crippen LogP contribution is 2.31. The van der Waals surface area contributed by atoms with Crippen molar-refractivity contribution in [2.75, 3.05) is 18.0 Å². The summed E-state index contributed by atoms with van der Waals surface area (Å²) in [4.78, 5) is 25.1. The number of hydrogen-bond donors (Lipinski definition) is 1. The molecule has 2 aromatic carbocycles. The largest absolute Gasteiger partial charge is 0.367 e. The van der Waals surface area contributed by atoms with Crippen molar-refractivity contribution in [2.45, 2.75) is 19.4 Å². The second kappa shape index (κ2) is 6.65. The van der Waals surface area contributed by atoms with E-state index in [9.17, 15) is 9.59 Å². The van der Waals surface area contributed by atoms with Crippen LogP contribution in [0.1, 0.15) is 33.2 Å². The molecule has 1 N–H and O–H groups in total. The molecule has 0 fully saturated rings. The lowest BCUT2D eigenvalue weighted by Gasteiger charge is -2.25. The van der Waals surface area contributed by atoms with Gasteiger partial charge in [0.25, 0.3) is 5.91 Å². The molecular formula is C19H20N2O2. The molecule has 0 aliphatic carbocycles. The lowest BCUT2D eigenvalue weighted by molar-refractivity contribution is 0.0953. The maximum Gasteiger partial charge on any atom is 0.251 e. The predicted molar refractivity (Wildman–Crippen MR) is 91.1 cm³/mol. The van der Waals surface area contributed by atoms with Crippen LogP contribution in [0.4, 0.5) is 5.69 Å². The first-order chi connectivity index (χ1) is 11.2. The van der Waals surface area contributed by atoms with Gasteiger partial charge in [-0.3, -0.25) is 9.59 Å². The molecule has 0 aromatic heterocycles. The van der Waals surface area contributed by atoms with E-state index in [1.54, 1.807) is 24.3 Å². The van der Waals surface area contributed by atoms with Crippen LogP contribution in [0.5, 0.6) is 0 Å². The van der Waals surface area contributed by atoms with Crippen molar-refractivity contribution in [2.24, 2.45) is 0 Å². The maximum absolute atomic E-state index is 12.1. The minimum atomic E-state index is -0.109. The van der Waals surface area contributed by atoms with Crippen LogP contribution in [-0.2, 0) is 6.42 Å². The van der Waals surface area contributed by atoms with Gasteiger partial charge in [-0.05, 0) is 37.1 Å². The fraction of sp³-hybridized carbons (Fsp3) is 0.263. The number of anilines is 1. The van der Waals surface area contributed by atoms with Gasteiger partial charge in [0, 0.05) is 35.9 Å². The van der Waals surface area contributed by atoms with Crippen LogP contribution in [0.2, 0.25) is 0 Å². The Morgan fingerprint density at radius 3 is 2.70 bits per heavy atom. The zero-order valence-corrected chi connectivity index (χ0v) is 13.2. The van der Waals surface area contributed by atoms with E-state index in [-0.39, 0.29) is 5.91 Å². The highest BCUT2D eigenvalue weighted by atomic mass is 16.1. The number of nitrogens with zero attached hydrogens (tertiary/aromatic N) is 1. The quantitative estimate of drug-likeness (QED) is 0.864. The molecule has 0 saturated heterocycles. The number of benzene rings is 2. The normalized spacial score (nSPS) is 16.0. The molecular weight excluding hydrogens is 288 g/mol. The highest BCUT2D eigenvalue weighted by molar-refractivity contribution is 5.94. The zero-order chi connectivity index (χ0) is 16.2. The number of nitrogens with one attached hydrogen (secondary N) is 1. The molecule has 0 spiro atoms. The SMILES string of the molecule is CC1Cc2ccccc2N1CCNC(=O)c1ccc(C=O)cc1. The summed E-state index contributed by atoms with van der Waals surface area (Å²) >= 11 is 0. The van der Waals surface area contributed by atoms with E-state index in [1.165, 1.54) is 11.3 Å². The van der Waals surface area contributed by atoms with E-state index in [2.05, 4.69) is 41.4 Å². The Morgan fingerprint density at radius 1 is 1.22 bits per heavy atom. The van der Waals surface area contributed by atoms with Crippen LogP contribution in [0, 0.1) is 0 Å². The summed E-state index contributed by atoms with van der Waals surface area (Å²) in [7, 11) is 0. The Morgan fingerprint density at radius 2 is 1.96 bits per heavy atom. The first-order valence-corrected chi connectivity index (χ1v) is 7.87. The number of carbonyl (C=O) groups is 2. The van der Waals surface area contributed by atoms with Gasteiger partial charge >= 0.3 is 0 Å². The van der Waals surface area contributed by atoms with Crippen LogP contribution in [0.15, 0.2) is 48.5 Å². The van der Waals surface area contributed by atoms with E-state index < -0.39 is 0 Å². The number of aldehydes is 1. The van der Waals surface area contributed by atoms with Crippen molar-refractivity contribution in [1.29, 1.82) is 0 Å². The van der Waals surface area contributed by atoms with E-state index in [0.717, 1.165) is 19.3 Å². The summed E-state index contributed by atoms with van der Waals surface area (Å²) < 4.78 is 0. The fourth-order valence-electron chi connectivity index (χ4n) is 3.08. The molecule has 118 valence electrons. The minimum absolute atomic E-state index is 0.109. The van der Waals surface area contributed by atoms with Crippen LogP contribution in [0.25, 0.3) is 0 Å². The third-order valence-electron chi connectivity index (χ3n) is 4.30. The smallest absolute Gasteiger partial charge is 0.251 e. The first-order valence-electron chi connectivity index (χ1n) is 7.87. The van der Waals surface area contributed by atoms with Gasteiger partial charge in [-0.1, -0.05) is 30.3 Å². The molecule has 3 rings (SSSR count). The van der Waals surface area contributed by atoms with Crippen molar-refractivity contribution in [3.63, 3.8) is 0 Å². The van der Waals surface area contributed by atoms with Crippen LogP contribution in [0.3, 0.4) is 0 Å². The topological polar surface area (TPSA) is 49.4 Å². The lowest BCUT2D eigenvalue weighted by Crippen LogP contribution is -2.37. The van der Waals surface area contributed by atoms with Gasteiger partial charge in [-0.2, -0.15) is 0 Å². The van der Waals surface area contributed by atoms with Gasteiger partial charge in [0.15, 0.2) is 0 Å². The van der Waals surface area contributed by atoms with Gasteiger partial charge in [-0.15, -0.1) is 0 Å². The van der Waals surface area contributed by atoms with Gasteiger partial charge in [0.05, 0.1) is 0 Å². The molecule has 1 aliphatic rings. The summed E-state index contributed by atoms with van der Waals surface area (Å²) in [6, 6.07) is 15.5. The molecule has 1 unspecified atom stereocenters. The summed E-state index contributed by atoms with van der Waals surface area (Å²) in [5, 5.41) is 2.95. The van der Waals surface area contributed by atoms with Crippen molar-refractivity contribution in [3.05, 3.63) is 65.2 Å². The average Bonchev–Trinajstić information content (AvgIpc) is 2.90. The molecule has 23 heavy (non-hydrogen) atoms. The monoisotopic (exact) mass is 308 g/mol. The summed E-state index contributed by atoms with van der Waals surface area (Å²) in [5.74, 6) is -0.109. The maximum atomic E-state index is 12.1. The molecule has 0 radical (unpaired) electrons. The van der Waals surface area contributed by atoms with E-state index in [4.69, 9.17) is 0 Å². The van der Waals surface area contributed by atoms with Crippen molar-refractivity contribution in [1.82, 2.24) is 5.32 Å². The zero-order valence-electron chi connectivity index (χ0n) is 13.2. The van der Waals surface area contributed by atoms with E-state index in [1.807, 2.05) is 0 Å². The predicted octanol–water partition coefficient (Wildman–Crippen LogP) is 2.68. The fourth-order valence-corrected chi connectivity index (χ4v) is 3.08. The van der Waals surface area contributed by atoms with E-state index in [0.29, 0.717) is 23.7 Å². The third kappa shape index (κ3) is 3.26. The standard InChI is InChI=1S/C19H20N2O2/c1-14-12-17-4-2-3-5-18(17)21(14)11-10-20-19(23)16-8-6-15(13-22)7-9-16/h2-9,13-14H,10-12H2,1H3,(H,20,23). The second-order valence-corrected chi connectivity index (χ2v) is 5.87. The van der Waals surface area contributed by atoms with Crippen molar-refractivity contribution < 1.29 is 9.59 Å². The third-order valence-corrected chi connectivity index (χ3v) is 4.30. The first kappa shape index (κ1) is 15.3. The number of hydrogen-bond acceptors (Lipinski definition) is 3. The van der Waals surface area contributed by atoms with Crippen molar-refractivity contribution >= 4 is 17.9 Å². The average molecular weight is 308 g/mol. The molecule has 1 amide bonds. The Balaban J connectivity index is 1.57. The van der Waals surface area contributed by atoms with Crippen LogP contribution < -0.4 is 10.2 Å². The molecule has 1 aliphatic heterocycles. The Bertz CT molecular complexity index is 710. The molecule has 0 saturated carbocycles. The second-order valence-electron chi connectivity index (χ2n) is 5.87. The minimum Gasteiger partial charge on any atom is -0.367 e. The highest BCUT2D eigenvalue weighted by Gasteiger charge is 2.24. The molecule has 0 bridgehead atoms. The number of carbonyl (C=O) groups excluding carboxylic acids is 2. The Hall–Kier alpha value is -2.62. The molecule has 1 heterocycles. The molecule has 4 nitrogen and oxygen atoms in total. The van der Waals surface area contributed by atoms with Gasteiger partial charge in [-0.25, -0.2) is 0 Å². The van der Waals surface area contributed by atoms with Crippen LogP contribution in [-0.4, -0.2) is 31.3 Å². The number of para-hydroxylation sites is 1. The van der Waals surface area contributed by atoms with Crippen molar-refractivity contribution in [3.8, 4) is 0 Å². The van der Waals surface area contributed by atoms with Gasteiger partial charge in [0.1, 0.15) is 6.29 Å². The number of fused-ring (bicyclic) bond motifs is 1. The molecule has 1 atom stereocenters. The van der Waals surface area contributed by atoms with E-state index >= 15 is 0 Å². The summed E-state index contributed by atoms with van der Waals surface area (Å²) in [6.07, 6.45) is 1.82. The van der Waals surface area contributed by atoms with Gasteiger partial charge in [0.2, 0.25) is 0 Å². The van der Waals surface area contributed by atoms with Crippen LogP contribution >= 0.6 is 0 Å².